The zero-order chi connectivity index (χ0) is 26.0. The molecule has 0 saturated heterocycles. The molecule has 4 N–H and O–H groups in total. The average Bonchev–Trinajstić information content (AvgIpc) is 2.91. The molecule has 188 valence electrons. The maximum atomic E-state index is 12.6. The number of para-hydroxylation sites is 2. The first-order chi connectivity index (χ1) is 18.0. The molecular weight excluding hydrogens is 486 g/mol. The summed E-state index contributed by atoms with van der Waals surface area (Å²) in [6.45, 7) is 2.50. The van der Waals surface area contributed by atoms with E-state index in [1.807, 2.05) is 73.7 Å². The number of hydrogen-bond donors (Lipinski definition) is 3. The topological polar surface area (TPSA) is 111 Å². The molecule has 3 aromatic carbocycles. The van der Waals surface area contributed by atoms with Crippen LogP contribution >= 0.6 is 12.2 Å². The maximum absolute atomic E-state index is 12.6. The van der Waals surface area contributed by atoms with Crippen molar-refractivity contribution >= 4 is 34.8 Å². The van der Waals surface area contributed by atoms with Crippen molar-refractivity contribution in [1.29, 1.82) is 0 Å². The van der Waals surface area contributed by atoms with Gasteiger partial charge in [-0.2, -0.15) is 0 Å². The molecule has 8 nitrogen and oxygen atoms in total. The van der Waals surface area contributed by atoms with Gasteiger partial charge in [0.15, 0.2) is 16.7 Å². The molecule has 0 bridgehead atoms. The third-order valence-electron chi connectivity index (χ3n) is 5.34. The first kappa shape index (κ1) is 25.7. The predicted octanol–water partition coefficient (Wildman–Crippen LogP) is 5.35. The van der Waals surface area contributed by atoms with Gasteiger partial charge in [-0.15, -0.1) is 10.2 Å². The number of carbonyl (C=O) groups excluding carboxylic acids is 1. The molecule has 4 rings (SSSR count). The molecule has 0 amide bonds. The van der Waals surface area contributed by atoms with Gasteiger partial charge in [0.25, 0.3) is 0 Å². The van der Waals surface area contributed by atoms with Crippen LogP contribution in [0.4, 0.5) is 11.5 Å². The Labute approximate surface area is 220 Å². The van der Waals surface area contributed by atoms with Crippen LogP contribution < -0.4 is 25.8 Å². The summed E-state index contributed by atoms with van der Waals surface area (Å²) >= 11 is 5.42. The van der Waals surface area contributed by atoms with Gasteiger partial charge in [-0.25, -0.2) is 0 Å². The van der Waals surface area contributed by atoms with E-state index in [-0.39, 0.29) is 11.5 Å². The minimum atomic E-state index is -0.511. The Morgan fingerprint density at radius 3 is 2.35 bits per heavy atom. The normalized spacial score (nSPS) is 11.3. The summed E-state index contributed by atoms with van der Waals surface area (Å²) in [5.41, 5.74) is 9.29. The number of nitrogens with one attached hydrogen (secondary N) is 2. The lowest BCUT2D eigenvalue weighted by Crippen LogP contribution is -2.22. The molecule has 1 aromatic heterocycles. The van der Waals surface area contributed by atoms with Gasteiger partial charge in [0.1, 0.15) is 5.75 Å². The van der Waals surface area contributed by atoms with Crippen molar-refractivity contribution in [3.63, 3.8) is 0 Å². The van der Waals surface area contributed by atoms with Crippen LogP contribution in [0.15, 0.2) is 91.0 Å². The minimum absolute atomic E-state index is 0.00830. The molecule has 37 heavy (non-hydrogen) atoms. The summed E-state index contributed by atoms with van der Waals surface area (Å²) in [7, 11) is 0. The molecule has 0 aliphatic carbocycles. The zero-order valence-corrected chi connectivity index (χ0v) is 21.1. The van der Waals surface area contributed by atoms with Crippen molar-refractivity contribution < 1.29 is 14.3 Å². The van der Waals surface area contributed by atoms with Crippen LogP contribution in [0, 0.1) is 0 Å². The number of esters is 1. The Kier molecular flexibility index (Phi) is 8.75. The second-order valence-corrected chi connectivity index (χ2v) is 8.44. The van der Waals surface area contributed by atoms with Gasteiger partial charge < -0.3 is 25.8 Å². The molecule has 4 aromatic rings. The van der Waals surface area contributed by atoms with Gasteiger partial charge in [-0.1, -0.05) is 54.6 Å². The second-order valence-electron chi connectivity index (χ2n) is 8.03. The van der Waals surface area contributed by atoms with E-state index >= 15 is 0 Å². The van der Waals surface area contributed by atoms with Crippen LogP contribution in [0.2, 0.25) is 0 Å². The highest BCUT2D eigenvalue weighted by molar-refractivity contribution is 7.80. The second kappa shape index (κ2) is 12.6. The van der Waals surface area contributed by atoms with Gasteiger partial charge in [0.05, 0.1) is 24.4 Å². The fourth-order valence-electron chi connectivity index (χ4n) is 3.53. The van der Waals surface area contributed by atoms with Crippen LogP contribution in [0.5, 0.6) is 11.5 Å². The molecule has 0 saturated carbocycles. The van der Waals surface area contributed by atoms with E-state index in [1.165, 1.54) is 0 Å². The molecule has 0 spiro atoms. The molecule has 0 aliphatic rings. The largest absolute Gasteiger partial charge is 0.494 e. The third kappa shape index (κ3) is 7.33. The smallest absolute Gasteiger partial charge is 0.313 e. The van der Waals surface area contributed by atoms with Crippen LogP contribution in [0.25, 0.3) is 11.3 Å². The number of hydrogen-bond acceptors (Lipinski definition) is 7. The standard InChI is InChI=1S/C28H27N5O3S/c1-2-35-21-14-12-19(13-15-21)22(29)18-27(34)36-25-11-7-6-10-24(25)30-28(37)31-26-17-16-23(32-33-26)20-8-4-3-5-9-20/h3-17,22H,2,18,29H2,1H3,(H2,30,31,33,37). The number of rotatable bonds is 9. The number of nitrogens with two attached hydrogens (primary N) is 1. The van der Waals surface area contributed by atoms with Gasteiger partial charge in [-0.3, -0.25) is 4.79 Å². The number of aromatic nitrogens is 2. The predicted molar refractivity (Wildman–Crippen MR) is 149 cm³/mol. The lowest BCUT2D eigenvalue weighted by atomic mass is 10.0. The summed E-state index contributed by atoms with van der Waals surface area (Å²) in [6.07, 6.45) is 0.00830. The van der Waals surface area contributed by atoms with E-state index in [2.05, 4.69) is 20.8 Å². The van der Waals surface area contributed by atoms with Crippen LogP contribution in [0.1, 0.15) is 24.9 Å². The number of carbonyl (C=O) groups is 1. The molecular formula is C28H27N5O3S. The van der Waals surface area contributed by atoms with Crippen molar-refractivity contribution in [3.05, 3.63) is 96.6 Å². The number of benzene rings is 3. The Morgan fingerprint density at radius 1 is 0.919 bits per heavy atom. The Bertz CT molecular complexity index is 1330. The number of ether oxygens (including phenoxy) is 2. The first-order valence-corrected chi connectivity index (χ1v) is 12.2. The van der Waals surface area contributed by atoms with Crippen LogP contribution in [-0.2, 0) is 4.79 Å². The van der Waals surface area contributed by atoms with Crippen molar-refractivity contribution in [2.24, 2.45) is 5.73 Å². The Hall–Kier alpha value is -4.34. The molecule has 0 fully saturated rings. The highest BCUT2D eigenvalue weighted by atomic mass is 32.1. The summed E-state index contributed by atoms with van der Waals surface area (Å²) < 4.78 is 11.0. The Balaban J connectivity index is 1.34. The number of thiocarbonyl (C=S) groups is 1. The van der Waals surface area contributed by atoms with Gasteiger partial charge in [-0.05, 0) is 61.1 Å². The van der Waals surface area contributed by atoms with Gasteiger partial charge >= 0.3 is 5.97 Å². The third-order valence-corrected chi connectivity index (χ3v) is 5.54. The summed E-state index contributed by atoms with van der Waals surface area (Å²) in [6, 6.07) is 27.3. The van der Waals surface area contributed by atoms with E-state index in [0.29, 0.717) is 23.9 Å². The van der Waals surface area contributed by atoms with Crippen molar-refractivity contribution in [2.45, 2.75) is 19.4 Å². The monoisotopic (exact) mass is 513 g/mol. The fraction of sp³-hybridized carbons (Fsp3) is 0.143. The number of anilines is 2. The highest BCUT2D eigenvalue weighted by Gasteiger charge is 2.16. The van der Waals surface area contributed by atoms with Crippen molar-refractivity contribution in [2.75, 3.05) is 17.2 Å². The van der Waals surface area contributed by atoms with E-state index in [1.54, 1.807) is 24.3 Å². The number of nitrogens with zero attached hydrogens (tertiary/aromatic N) is 2. The first-order valence-electron chi connectivity index (χ1n) is 11.8. The minimum Gasteiger partial charge on any atom is -0.494 e. The van der Waals surface area contributed by atoms with E-state index in [0.717, 1.165) is 22.6 Å². The summed E-state index contributed by atoms with van der Waals surface area (Å²) in [5.74, 6) is 1.11. The van der Waals surface area contributed by atoms with Crippen molar-refractivity contribution in [3.8, 4) is 22.8 Å². The summed E-state index contributed by atoms with van der Waals surface area (Å²) in [5, 5.41) is 14.7. The summed E-state index contributed by atoms with van der Waals surface area (Å²) in [4.78, 5) is 12.6. The van der Waals surface area contributed by atoms with Crippen molar-refractivity contribution in [1.82, 2.24) is 10.2 Å². The molecule has 1 unspecified atom stereocenters. The maximum Gasteiger partial charge on any atom is 0.313 e. The zero-order valence-electron chi connectivity index (χ0n) is 20.3. The van der Waals surface area contributed by atoms with E-state index in [9.17, 15) is 4.79 Å². The van der Waals surface area contributed by atoms with Crippen LogP contribution in [-0.4, -0.2) is 27.9 Å². The van der Waals surface area contributed by atoms with E-state index in [4.69, 9.17) is 27.4 Å². The van der Waals surface area contributed by atoms with Crippen LogP contribution in [0.3, 0.4) is 0 Å². The molecule has 0 radical (unpaired) electrons. The van der Waals surface area contributed by atoms with Gasteiger partial charge in [0.2, 0.25) is 0 Å². The lowest BCUT2D eigenvalue weighted by Gasteiger charge is -2.15. The molecule has 1 heterocycles. The fourth-order valence-corrected chi connectivity index (χ4v) is 3.74. The highest BCUT2D eigenvalue weighted by Crippen LogP contribution is 2.26. The average molecular weight is 514 g/mol. The quantitative estimate of drug-likeness (QED) is 0.155. The molecule has 9 heteroatoms. The Morgan fingerprint density at radius 2 is 1.65 bits per heavy atom. The SMILES string of the molecule is CCOc1ccc(C(N)CC(=O)Oc2ccccc2NC(=S)Nc2ccc(-c3ccccc3)nn2)cc1. The van der Waals surface area contributed by atoms with E-state index < -0.39 is 12.0 Å². The van der Waals surface area contributed by atoms with Gasteiger partial charge in [0, 0.05) is 11.6 Å². The molecule has 0 aliphatic heterocycles. The lowest BCUT2D eigenvalue weighted by molar-refractivity contribution is -0.134. The molecule has 1 atom stereocenters.